The maximum atomic E-state index is 11.7. The van der Waals surface area contributed by atoms with Crippen molar-refractivity contribution >= 4 is 10.0 Å². The Morgan fingerprint density at radius 2 is 2.19 bits per heavy atom. The minimum atomic E-state index is -3.14. The summed E-state index contributed by atoms with van der Waals surface area (Å²) in [6.07, 6.45) is 3.05. The monoisotopic (exact) mass is 250 g/mol. The summed E-state index contributed by atoms with van der Waals surface area (Å²) < 4.78 is 31.5. The summed E-state index contributed by atoms with van der Waals surface area (Å²) in [6, 6.07) is 0.0339. The molecule has 0 aromatic rings. The molecule has 3 N–H and O–H groups in total. The Morgan fingerprint density at radius 1 is 1.44 bits per heavy atom. The maximum absolute atomic E-state index is 11.7. The predicted molar refractivity (Wildman–Crippen MR) is 63.6 cm³/mol. The molecule has 0 amide bonds. The Hall–Kier alpha value is -0.170. The Balaban J connectivity index is 2.33. The molecule has 6 heteroatoms. The first-order chi connectivity index (χ1) is 7.53. The van der Waals surface area contributed by atoms with Crippen LogP contribution in [0.25, 0.3) is 0 Å². The van der Waals surface area contributed by atoms with E-state index in [1.54, 1.807) is 0 Å². The van der Waals surface area contributed by atoms with E-state index in [4.69, 9.17) is 10.5 Å². The van der Waals surface area contributed by atoms with Crippen molar-refractivity contribution in [3.63, 3.8) is 0 Å². The van der Waals surface area contributed by atoms with E-state index < -0.39 is 10.0 Å². The molecule has 0 bridgehead atoms. The second-order valence-corrected chi connectivity index (χ2v) is 6.21. The normalized spacial score (nSPS) is 26.9. The molecule has 1 rings (SSSR count). The molecule has 1 aliphatic rings. The van der Waals surface area contributed by atoms with Crippen molar-refractivity contribution < 1.29 is 13.2 Å². The summed E-state index contributed by atoms with van der Waals surface area (Å²) in [7, 11) is -3.14. The van der Waals surface area contributed by atoms with Gasteiger partial charge in [0.1, 0.15) is 0 Å². The third-order valence-corrected chi connectivity index (χ3v) is 4.22. The van der Waals surface area contributed by atoms with Gasteiger partial charge in [-0.2, -0.15) is 0 Å². The smallest absolute Gasteiger partial charge is 0.211 e. The molecule has 1 heterocycles. The molecular formula is C10H22N2O3S. The molecule has 16 heavy (non-hydrogen) atoms. The highest BCUT2D eigenvalue weighted by Crippen LogP contribution is 2.14. The van der Waals surface area contributed by atoms with E-state index in [9.17, 15) is 8.42 Å². The topological polar surface area (TPSA) is 81.4 Å². The van der Waals surface area contributed by atoms with Crippen LogP contribution in [-0.4, -0.2) is 39.5 Å². The highest BCUT2D eigenvalue weighted by Gasteiger charge is 2.23. The Labute approximate surface area is 97.8 Å². The van der Waals surface area contributed by atoms with Crippen LogP contribution in [0, 0.1) is 0 Å². The van der Waals surface area contributed by atoms with Crippen molar-refractivity contribution in [2.75, 3.05) is 18.9 Å². The molecule has 0 aromatic carbocycles. The maximum Gasteiger partial charge on any atom is 0.211 e. The van der Waals surface area contributed by atoms with Gasteiger partial charge in [-0.3, -0.25) is 0 Å². The third kappa shape index (κ3) is 5.25. The van der Waals surface area contributed by atoms with E-state index in [-0.39, 0.29) is 17.9 Å². The van der Waals surface area contributed by atoms with Crippen molar-refractivity contribution in [3.8, 4) is 0 Å². The highest BCUT2D eigenvalue weighted by atomic mass is 32.2. The van der Waals surface area contributed by atoms with Crippen LogP contribution < -0.4 is 10.5 Å². The number of hydrogen-bond acceptors (Lipinski definition) is 4. The van der Waals surface area contributed by atoms with E-state index in [1.165, 1.54) is 0 Å². The van der Waals surface area contributed by atoms with Crippen LogP contribution in [0.1, 0.15) is 32.6 Å². The van der Waals surface area contributed by atoms with E-state index >= 15 is 0 Å². The fourth-order valence-electron chi connectivity index (χ4n) is 1.85. The summed E-state index contributed by atoms with van der Waals surface area (Å²) in [4.78, 5) is 0. The predicted octanol–water partition coefficient (Wildman–Crippen LogP) is 0.212. The lowest BCUT2D eigenvalue weighted by Crippen LogP contribution is -2.42. The molecule has 1 fully saturated rings. The van der Waals surface area contributed by atoms with Crippen molar-refractivity contribution in [1.82, 2.24) is 4.72 Å². The fraction of sp³-hybridized carbons (Fsp3) is 1.00. The van der Waals surface area contributed by atoms with Crippen molar-refractivity contribution in [1.29, 1.82) is 0 Å². The van der Waals surface area contributed by atoms with Gasteiger partial charge in [-0.15, -0.1) is 0 Å². The van der Waals surface area contributed by atoms with Gasteiger partial charge in [-0.05, 0) is 39.2 Å². The molecule has 0 aromatic heterocycles. The molecule has 1 saturated heterocycles. The molecule has 2 unspecified atom stereocenters. The van der Waals surface area contributed by atoms with Gasteiger partial charge >= 0.3 is 0 Å². The molecule has 0 radical (unpaired) electrons. The zero-order valence-corrected chi connectivity index (χ0v) is 10.6. The summed E-state index contributed by atoms with van der Waals surface area (Å²) in [5.74, 6) is 0.177. The molecular weight excluding hydrogens is 228 g/mol. The van der Waals surface area contributed by atoms with E-state index in [0.717, 1.165) is 19.3 Å². The average Bonchev–Trinajstić information content (AvgIpc) is 2.17. The van der Waals surface area contributed by atoms with Gasteiger partial charge in [0.25, 0.3) is 0 Å². The van der Waals surface area contributed by atoms with Gasteiger partial charge in [0, 0.05) is 12.6 Å². The Bertz CT molecular complexity index is 292. The fourth-order valence-corrected chi connectivity index (χ4v) is 3.28. The van der Waals surface area contributed by atoms with Gasteiger partial charge in [-0.1, -0.05) is 0 Å². The first-order valence-corrected chi connectivity index (χ1v) is 7.50. The van der Waals surface area contributed by atoms with Crippen LogP contribution in [0.2, 0.25) is 0 Å². The zero-order valence-electron chi connectivity index (χ0n) is 9.81. The number of hydrogen-bond donors (Lipinski definition) is 2. The summed E-state index contributed by atoms with van der Waals surface area (Å²) >= 11 is 0. The summed E-state index contributed by atoms with van der Waals surface area (Å²) in [5.41, 5.74) is 5.33. The first-order valence-electron chi connectivity index (χ1n) is 5.85. The zero-order chi connectivity index (χ0) is 12.0. The van der Waals surface area contributed by atoms with E-state index in [0.29, 0.717) is 19.6 Å². The second-order valence-electron chi connectivity index (χ2n) is 4.34. The number of nitrogens with two attached hydrogens (primary N) is 1. The largest absolute Gasteiger partial charge is 0.378 e. The lowest BCUT2D eigenvalue weighted by atomic mass is 10.1. The van der Waals surface area contributed by atoms with Gasteiger partial charge in [0.15, 0.2) is 0 Å². The number of rotatable bonds is 6. The number of sulfonamides is 1. The molecule has 96 valence electrons. The number of nitrogens with one attached hydrogen (secondary N) is 1. The molecule has 0 saturated carbocycles. The molecule has 2 atom stereocenters. The van der Waals surface area contributed by atoms with Crippen LogP contribution >= 0.6 is 0 Å². The van der Waals surface area contributed by atoms with E-state index in [1.807, 2.05) is 6.92 Å². The minimum absolute atomic E-state index is 0.0339. The summed E-state index contributed by atoms with van der Waals surface area (Å²) in [6.45, 7) is 3.15. The van der Waals surface area contributed by atoms with Crippen LogP contribution in [0.3, 0.4) is 0 Å². The molecule has 0 spiro atoms. The van der Waals surface area contributed by atoms with Crippen LogP contribution in [0.4, 0.5) is 0 Å². The van der Waals surface area contributed by atoms with Crippen LogP contribution in [-0.2, 0) is 14.8 Å². The molecule has 0 aliphatic carbocycles. The van der Waals surface area contributed by atoms with Gasteiger partial charge in [0.2, 0.25) is 10.0 Å². The quantitative estimate of drug-likeness (QED) is 0.660. The van der Waals surface area contributed by atoms with Crippen molar-refractivity contribution in [3.05, 3.63) is 0 Å². The highest BCUT2D eigenvalue weighted by molar-refractivity contribution is 7.89. The molecule has 1 aliphatic heterocycles. The summed E-state index contributed by atoms with van der Waals surface area (Å²) in [5, 5.41) is 0. The molecule has 5 nitrogen and oxygen atoms in total. The average molecular weight is 250 g/mol. The first kappa shape index (κ1) is 13.9. The van der Waals surface area contributed by atoms with E-state index in [2.05, 4.69) is 4.72 Å². The lowest BCUT2D eigenvalue weighted by Gasteiger charge is -2.27. The van der Waals surface area contributed by atoms with Crippen LogP contribution in [0.15, 0.2) is 0 Å². The number of ether oxygens (including phenoxy) is 1. The minimum Gasteiger partial charge on any atom is -0.378 e. The van der Waals surface area contributed by atoms with Crippen molar-refractivity contribution in [2.24, 2.45) is 5.73 Å². The van der Waals surface area contributed by atoms with Gasteiger partial charge < -0.3 is 10.5 Å². The standard InChI is InChI=1S/C10H22N2O3S/c1-9-8-10(4-6-15-9)12-16(13,14)7-3-2-5-11/h9-10,12H,2-8,11H2,1H3. The SMILES string of the molecule is CC1CC(NS(=O)(=O)CCCCN)CCO1. The van der Waals surface area contributed by atoms with Gasteiger partial charge in [0.05, 0.1) is 11.9 Å². The Morgan fingerprint density at radius 3 is 2.81 bits per heavy atom. The third-order valence-electron chi connectivity index (χ3n) is 2.70. The van der Waals surface area contributed by atoms with Crippen molar-refractivity contribution in [2.45, 2.75) is 44.8 Å². The second kappa shape index (κ2) is 6.54. The number of unbranched alkanes of at least 4 members (excludes halogenated alkanes) is 1. The van der Waals surface area contributed by atoms with Crippen LogP contribution in [0.5, 0.6) is 0 Å². The van der Waals surface area contributed by atoms with Gasteiger partial charge in [-0.25, -0.2) is 13.1 Å². The lowest BCUT2D eigenvalue weighted by molar-refractivity contribution is 0.0173. The Kier molecular flexibility index (Phi) is 5.68.